The van der Waals surface area contributed by atoms with Crippen LogP contribution in [0.3, 0.4) is 0 Å². The molecule has 4 nitrogen and oxygen atoms in total. The minimum Gasteiger partial charge on any atom is -0.294 e. The molecule has 2 aromatic rings. The third-order valence-corrected chi connectivity index (χ3v) is 5.50. The molecule has 0 radical (unpaired) electrons. The summed E-state index contributed by atoms with van der Waals surface area (Å²) in [4.78, 5) is 13.9. The van der Waals surface area contributed by atoms with Crippen LogP contribution in [0.5, 0.6) is 0 Å². The van der Waals surface area contributed by atoms with Crippen LogP contribution >= 0.6 is 11.3 Å². The lowest BCUT2D eigenvalue weighted by Crippen LogP contribution is -2.36. The molecular weight excluding hydrogens is 280 g/mol. The van der Waals surface area contributed by atoms with E-state index < -0.39 is 0 Å². The summed E-state index contributed by atoms with van der Waals surface area (Å²) in [7, 11) is 0. The van der Waals surface area contributed by atoms with Gasteiger partial charge < -0.3 is 0 Å². The molecule has 0 aromatic carbocycles. The van der Waals surface area contributed by atoms with Gasteiger partial charge in [-0.15, -0.1) is 11.3 Å². The molecule has 4 heterocycles. The number of hydrogen-bond acceptors (Lipinski definition) is 5. The van der Waals surface area contributed by atoms with Crippen LogP contribution in [0.25, 0.3) is 0 Å². The van der Waals surface area contributed by atoms with Crippen molar-refractivity contribution in [3.05, 3.63) is 46.7 Å². The first kappa shape index (κ1) is 13.4. The minimum absolute atomic E-state index is 0.713. The molecule has 0 spiro atoms. The molecule has 0 aliphatic carbocycles. The molecular formula is C16H20N4S. The van der Waals surface area contributed by atoms with Gasteiger partial charge in [0.05, 0.1) is 6.54 Å². The summed E-state index contributed by atoms with van der Waals surface area (Å²) in [6, 6.07) is 5.64. The van der Waals surface area contributed by atoms with Crippen LogP contribution < -0.4 is 0 Å². The molecule has 2 atom stereocenters. The van der Waals surface area contributed by atoms with E-state index in [1.807, 2.05) is 24.7 Å². The Hall–Kier alpha value is -1.30. The van der Waals surface area contributed by atoms with Crippen LogP contribution in [0.15, 0.2) is 36.1 Å². The number of rotatable bonds is 4. The van der Waals surface area contributed by atoms with Crippen molar-refractivity contribution in [2.75, 3.05) is 13.1 Å². The first-order chi connectivity index (χ1) is 10.4. The van der Waals surface area contributed by atoms with Crippen molar-refractivity contribution in [2.24, 2.45) is 0 Å². The largest absolute Gasteiger partial charge is 0.294 e. The molecule has 2 fully saturated rings. The standard InChI is InChI=1S/C16H20N4S/c1-2-13(10-17-5-1)11-19-7-3-15-14(19)4-8-20(15)12-16-18-6-9-21-16/h1-2,5-6,9-10,14-15H,3-4,7-8,11-12H2/t14-,15+/m0/s1. The van der Waals surface area contributed by atoms with Gasteiger partial charge in [-0.3, -0.25) is 14.8 Å². The number of aromatic nitrogens is 2. The molecule has 0 bridgehead atoms. The number of fused-ring (bicyclic) bond motifs is 1. The van der Waals surface area contributed by atoms with Gasteiger partial charge in [-0.1, -0.05) is 6.07 Å². The van der Waals surface area contributed by atoms with Crippen LogP contribution in [0.2, 0.25) is 0 Å². The lowest BCUT2D eigenvalue weighted by atomic mass is 10.1. The molecule has 4 rings (SSSR count). The summed E-state index contributed by atoms with van der Waals surface area (Å²) in [5.74, 6) is 0. The zero-order valence-electron chi connectivity index (χ0n) is 12.1. The van der Waals surface area contributed by atoms with Gasteiger partial charge in [0.15, 0.2) is 0 Å². The van der Waals surface area contributed by atoms with Crippen molar-refractivity contribution in [3.63, 3.8) is 0 Å². The summed E-state index contributed by atoms with van der Waals surface area (Å²) in [6.45, 7) is 4.48. The lowest BCUT2D eigenvalue weighted by Gasteiger charge is -2.25. The molecule has 2 aromatic heterocycles. The first-order valence-electron chi connectivity index (χ1n) is 7.65. The second-order valence-corrected chi connectivity index (χ2v) is 6.92. The quantitative estimate of drug-likeness (QED) is 0.868. The molecule has 2 aliphatic rings. The monoisotopic (exact) mass is 300 g/mol. The first-order valence-corrected chi connectivity index (χ1v) is 8.53. The van der Waals surface area contributed by atoms with Crippen molar-refractivity contribution in [1.29, 1.82) is 0 Å². The average molecular weight is 300 g/mol. The topological polar surface area (TPSA) is 32.3 Å². The van der Waals surface area contributed by atoms with E-state index in [-0.39, 0.29) is 0 Å². The van der Waals surface area contributed by atoms with E-state index in [4.69, 9.17) is 0 Å². The molecule has 5 heteroatoms. The summed E-state index contributed by atoms with van der Waals surface area (Å²) in [5, 5.41) is 3.33. The molecule has 0 unspecified atom stereocenters. The number of thiazole rings is 1. The predicted molar refractivity (Wildman–Crippen MR) is 84.0 cm³/mol. The minimum atomic E-state index is 0.713. The molecule has 2 saturated heterocycles. The van der Waals surface area contributed by atoms with Gasteiger partial charge >= 0.3 is 0 Å². The van der Waals surface area contributed by atoms with Crippen molar-refractivity contribution in [1.82, 2.24) is 19.8 Å². The van der Waals surface area contributed by atoms with Gasteiger partial charge in [-0.25, -0.2) is 4.98 Å². The van der Waals surface area contributed by atoms with Gasteiger partial charge in [0.2, 0.25) is 0 Å². The number of hydrogen-bond donors (Lipinski definition) is 0. The Morgan fingerprint density at radius 2 is 1.90 bits per heavy atom. The molecule has 110 valence electrons. The lowest BCUT2D eigenvalue weighted by molar-refractivity contribution is 0.212. The number of pyridine rings is 1. The maximum atomic E-state index is 4.44. The zero-order chi connectivity index (χ0) is 14.1. The van der Waals surface area contributed by atoms with Crippen molar-refractivity contribution >= 4 is 11.3 Å². The third-order valence-electron chi connectivity index (χ3n) is 4.74. The van der Waals surface area contributed by atoms with Crippen LogP contribution in [0.1, 0.15) is 23.4 Å². The number of likely N-dealkylation sites (tertiary alicyclic amines) is 2. The molecule has 0 N–H and O–H groups in total. The molecule has 0 saturated carbocycles. The Kier molecular flexibility index (Phi) is 3.71. The highest BCUT2D eigenvalue weighted by molar-refractivity contribution is 7.09. The van der Waals surface area contributed by atoms with Gasteiger partial charge in [-0.05, 0) is 24.5 Å². The van der Waals surface area contributed by atoms with Crippen LogP contribution in [-0.4, -0.2) is 44.9 Å². The van der Waals surface area contributed by atoms with E-state index in [0.29, 0.717) is 12.1 Å². The molecule has 2 aliphatic heterocycles. The van der Waals surface area contributed by atoms with Gasteiger partial charge in [0.25, 0.3) is 0 Å². The summed E-state index contributed by atoms with van der Waals surface area (Å²) in [6.07, 6.45) is 8.33. The van der Waals surface area contributed by atoms with Crippen molar-refractivity contribution in [3.8, 4) is 0 Å². The summed E-state index contributed by atoms with van der Waals surface area (Å²) in [5.41, 5.74) is 1.33. The van der Waals surface area contributed by atoms with E-state index in [9.17, 15) is 0 Å². The van der Waals surface area contributed by atoms with Gasteiger partial charge in [-0.2, -0.15) is 0 Å². The molecule has 0 amide bonds. The Bertz CT molecular complexity index is 571. The average Bonchev–Trinajstić information content (AvgIpc) is 3.21. The highest BCUT2D eigenvalue weighted by atomic mass is 32.1. The van der Waals surface area contributed by atoms with E-state index >= 15 is 0 Å². The Morgan fingerprint density at radius 3 is 2.57 bits per heavy atom. The highest BCUT2D eigenvalue weighted by Crippen LogP contribution is 2.33. The maximum Gasteiger partial charge on any atom is 0.107 e. The SMILES string of the molecule is c1cncc(CN2CC[C@@H]3[C@@H]2CCN3Cc2nccs2)c1. The molecule has 21 heavy (non-hydrogen) atoms. The normalized spacial score (nSPS) is 26.3. The second-order valence-electron chi connectivity index (χ2n) is 5.94. The number of nitrogens with zero attached hydrogens (tertiary/aromatic N) is 4. The van der Waals surface area contributed by atoms with E-state index in [2.05, 4.69) is 31.2 Å². The fourth-order valence-electron chi connectivity index (χ4n) is 3.79. The van der Waals surface area contributed by atoms with Crippen LogP contribution in [0.4, 0.5) is 0 Å². The van der Waals surface area contributed by atoms with Crippen LogP contribution in [-0.2, 0) is 13.1 Å². The van der Waals surface area contributed by atoms with E-state index in [1.165, 1.54) is 36.5 Å². The van der Waals surface area contributed by atoms with E-state index in [1.54, 1.807) is 11.3 Å². The Labute approximate surface area is 129 Å². The highest BCUT2D eigenvalue weighted by Gasteiger charge is 2.42. The van der Waals surface area contributed by atoms with Gasteiger partial charge in [0, 0.05) is 55.7 Å². The second kappa shape index (κ2) is 5.83. The van der Waals surface area contributed by atoms with Gasteiger partial charge in [0.1, 0.15) is 5.01 Å². The van der Waals surface area contributed by atoms with E-state index in [0.717, 1.165) is 13.1 Å². The Morgan fingerprint density at radius 1 is 1.10 bits per heavy atom. The zero-order valence-corrected chi connectivity index (χ0v) is 12.9. The fraction of sp³-hybridized carbons (Fsp3) is 0.500. The predicted octanol–water partition coefficient (Wildman–Crippen LogP) is 2.39. The summed E-state index contributed by atoms with van der Waals surface area (Å²) >= 11 is 1.77. The smallest absolute Gasteiger partial charge is 0.107 e. The Balaban J connectivity index is 1.41. The third kappa shape index (κ3) is 2.73. The van der Waals surface area contributed by atoms with Crippen LogP contribution in [0, 0.1) is 0 Å². The van der Waals surface area contributed by atoms with Crippen molar-refractivity contribution in [2.45, 2.75) is 38.0 Å². The fourth-order valence-corrected chi connectivity index (χ4v) is 4.43. The maximum absolute atomic E-state index is 4.44. The summed E-state index contributed by atoms with van der Waals surface area (Å²) < 4.78 is 0. The van der Waals surface area contributed by atoms with Crippen molar-refractivity contribution < 1.29 is 0 Å².